The molecule has 0 aliphatic heterocycles. The maximum Gasteiger partial charge on any atom is 0.123 e. The Hall–Kier alpha value is -2.78. The molecule has 0 radical (unpaired) electrons. The largest absolute Gasteiger partial charge is 0.507 e. The third-order valence-corrected chi connectivity index (χ3v) is 6.92. The minimum atomic E-state index is -0.105. The Balaban J connectivity index is 1.58. The van der Waals surface area contributed by atoms with Gasteiger partial charge in [0.25, 0.3) is 0 Å². The number of nitrogens with one attached hydrogen (secondary N) is 1. The van der Waals surface area contributed by atoms with E-state index in [4.69, 9.17) is 5.84 Å². The fourth-order valence-corrected chi connectivity index (χ4v) is 5.11. The van der Waals surface area contributed by atoms with Gasteiger partial charge in [0.15, 0.2) is 0 Å². The van der Waals surface area contributed by atoms with E-state index >= 15 is 0 Å². The van der Waals surface area contributed by atoms with Crippen molar-refractivity contribution in [3.05, 3.63) is 81.9 Å². The summed E-state index contributed by atoms with van der Waals surface area (Å²) in [5, 5.41) is 11.0. The van der Waals surface area contributed by atoms with E-state index in [9.17, 15) is 5.11 Å². The predicted octanol–water partition coefficient (Wildman–Crippen LogP) is 7.02. The number of hydrogen-bond donors (Lipinski definition) is 3. The Morgan fingerprint density at radius 2 is 1.48 bits per heavy atom. The number of hydrogen-bond acceptors (Lipinski definition) is 3. The number of hydrazine groups is 1. The molecule has 3 aromatic rings. The van der Waals surface area contributed by atoms with E-state index < -0.39 is 0 Å². The molecule has 0 bridgehead atoms. The molecule has 0 unspecified atom stereocenters. The molecule has 1 aliphatic rings. The van der Waals surface area contributed by atoms with Crippen molar-refractivity contribution < 1.29 is 5.11 Å². The molecule has 4 rings (SSSR count). The number of aromatic hydroxyl groups is 1. The Labute approximate surface area is 199 Å². The summed E-state index contributed by atoms with van der Waals surface area (Å²) >= 11 is 0. The van der Waals surface area contributed by atoms with Crippen LogP contribution in [0.2, 0.25) is 0 Å². The van der Waals surface area contributed by atoms with Crippen LogP contribution >= 0.6 is 0 Å². The first kappa shape index (κ1) is 23.4. The summed E-state index contributed by atoms with van der Waals surface area (Å²) in [4.78, 5) is 0. The van der Waals surface area contributed by atoms with Crippen LogP contribution in [-0.4, -0.2) is 5.11 Å². The first-order chi connectivity index (χ1) is 15.5. The van der Waals surface area contributed by atoms with Gasteiger partial charge in [0.2, 0.25) is 0 Å². The minimum Gasteiger partial charge on any atom is -0.507 e. The number of phenolic OH excluding ortho intramolecular Hbond substituents is 1. The number of anilines is 1. The van der Waals surface area contributed by atoms with Gasteiger partial charge < -0.3 is 10.5 Å². The van der Waals surface area contributed by atoms with Gasteiger partial charge in [0.05, 0.1) is 5.69 Å². The topological polar surface area (TPSA) is 58.3 Å². The molecule has 0 fully saturated rings. The van der Waals surface area contributed by atoms with Crippen LogP contribution in [0.1, 0.15) is 81.3 Å². The van der Waals surface area contributed by atoms with Gasteiger partial charge in [-0.15, -0.1) is 0 Å². The van der Waals surface area contributed by atoms with Gasteiger partial charge >= 0.3 is 0 Å². The van der Waals surface area contributed by atoms with Crippen LogP contribution in [0.5, 0.6) is 5.75 Å². The molecule has 0 atom stereocenters. The number of nitrogen functional groups attached to an aromatic ring is 1. The van der Waals surface area contributed by atoms with Crippen LogP contribution < -0.4 is 11.3 Å². The first-order valence-electron chi connectivity index (χ1n) is 12.1. The fraction of sp³-hybridized carbons (Fsp3) is 0.400. The summed E-state index contributed by atoms with van der Waals surface area (Å²) in [7, 11) is 0. The molecule has 0 spiro atoms. The number of nitrogens with two attached hydrogens (primary N) is 1. The molecule has 3 heteroatoms. The lowest BCUT2D eigenvalue weighted by atomic mass is 9.78. The van der Waals surface area contributed by atoms with E-state index in [1.54, 1.807) is 0 Å². The van der Waals surface area contributed by atoms with Crippen molar-refractivity contribution in [2.45, 2.75) is 78.1 Å². The monoisotopic (exact) mass is 442 g/mol. The molecule has 0 aromatic heterocycles. The van der Waals surface area contributed by atoms with Crippen LogP contribution in [-0.2, 0) is 30.1 Å². The number of phenols is 1. The minimum absolute atomic E-state index is 0.105. The maximum absolute atomic E-state index is 11.0. The third-order valence-electron chi connectivity index (χ3n) is 6.92. The van der Waals surface area contributed by atoms with Gasteiger partial charge in [0, 0.05) is 6.42 Å². The summed E-state index contributed by atoms with van der Waals surface area (Å²) in [5.74, 6) is 6.47. The lowest BCUT2D eigenvalue weighted by Gasteiger charge is -2.28. The Kier molecular flexibility index (Phi) is 6.05. The SMILES string of the molecule is CC(C)(C)c1cc(CCCc2ccc3c(c2NN)Cc2ccccc2-3)cc(C(C)(C)C)c1O. The number of rotatable bonds is 5. The van der Waals surface area contributed by atoms with E-state index in [0.717, 1.165) is 42.5 Å². The van der Waals surface area contributed by atoms with E-state index in [0.29, 0.717) is 5.75 Å². The fourth-order valence-electron chi connectivity index (χ4n) is 5.11. The zero-order chi connectivity index (χ0) is 24.0. The number of fused-ring (bicyclic) bond motifs is 3. The van der Waals surface area contributed by atoms with Crippen molar-refractivity contribution in [1.29, 1.82) is 0 Å². The molecule has 0 saturated heterocycles. The zero-order valence-corrected chi connectivity index (χ0v) is 21.0. The molecule has 4 N–H and O–H groups in total. The van der Waals surface area contributed by atoms with Crippen molar-refractivity contribution in [3.63, 3.8) is 0 Å². The van der Waals surface area contributed by atoms with Gasteiger partial charge in [-0.1, -0.05) is 90.1 Å². The van der Waals surface area contributed by atoms with Crippen molar-refractivity contribution in [2.75, 3.05) is 5.43 Å². The lowest BCUT2D eigenvalue weighted by Crippen LogP contribution is -2.18. The molecule has 1 aliphatic carbocycles. The molecular formula is C30H38N2O. The highest BCUT2D eigenvalue weighted by molar-refractivity contribution is 5.83. The predicted molar refractivity (Wildman–Crippen MR) is 140 cm³/mol. The molecule has 0 heterocycles. The maximum atomic E-state index is 11.0. The molecule has 3 aromatic carbocycles. The molecule has 174 valence electrons. The first-order valence-corrected chi connectivity index (χ1v) is 12.1. The highest BCUT2D eigenvalue weighted by Crippen LogP contribution is 2.42. The summed E-state index contributed by atoms with van der Waals surface area (Å²) in [6.07, 6.45) is 3.88. The summed E-state index contributed by atoms with van der Waals surface area (Å²) in [5.41, 5.74) is 13.8. The Morgan fingerprint density at radius 3 is 2.09 bits per heavy atom. The summed E-state index contributed by atoms with van der Waals surface area (Å²) in [6, 6.07) is 17.5. The van der Waals surface area contributed by atoms with E-state index in [2.05, 4.69) is 95.5 Å². The summed E-state index contributed by atoms with van der Waals surface area (Å²) < 4.78 is 0. The standard InChI is InChI=1S/C30H38N2O/c1-29(2,3)25-16-19(17-26(28(25)33)30(4,5)6)10-9-12-20-14-15-23-22-13-8-7-11-21(22)18-24(23)27(20)32-31/h7-8,11,13-17,32-33H,9-10,12,18,31H2,1-6H3. The molecule has 33 heavy (non-hydrogen) atoms. The molecular weight excluding hydrogens is 404 g/mol. The lowest BCUT2D eigenvalue weighted by molar-refractivity contribution is 0.422. The smallest absolute Gasteiger partial charge is 0.123 e. The van der Waals surface area contributed by atoms with Crippen LogP contribution in [0.25, 0.3) is 11.1 Å². The normalized spacial score (nSPS) is 13.1. The van der Waals surface area contributed by atoms with Crippen molar-refractivity contribution in [2.24, 2.45) is 5.84 Å². The van der Waals surface area contributed by atoms with Gasteiger partial charge in [-0.25, -0.2) is 0 Å². The second-order valence-electron chi connectivity index (χ2n) is 11.5. The average Bonchev–Trinajstić information content (AvgIpc) is 3.11. The van der Waals surface area contributed by atoms with Gasteiger partial charge in [0.1, 0.15) is 5.75 Å². The van der Waals surface area contributed by atoms with Crippen molar-refractivity contribution in [1.82, 2.24) is 0 Å². The number of benzene rings is 3. The van der Waals surface area contributed by atoms with E-state index in [-0.39, 0.29) is 10.8 Å². The van der Waals surface area contributed by atoms with Gasteiger partial charge in [-0.3, -0.25) is 5.84 Å². The second kappa shape index (κ2) is 8.53. The Bertz CT molecular complexity index is 1140. The molecule has 0 amide bonds. The van der Waals surface area contributed by atoms with Crippen molar-refractivity contribution in [3.8, 4) is 16.9 Å². The summed E-state index contributed by atoms with van der Waals surface area (Å²) in [6.45, 7) is 13.0. The number of aryl methyl sites for hydroxylation is 2. The van der Waals surface area contributed by atoms with E-state index in [1.807, 2.05) is 0 Å². The Morgan fingerprint density at radius 1 is 0.848 bits per heavy atom. The van der Waals surface area contributed by atoms with E-state index in [1.165, 1.54) is 33.4 Å². The van der Waals surface area contributed by atoms with Crippen LogP contribution in [0, 0.1) is 0 Å². The average molecular weight is 443 g/mol. The quantitative estimate of drug-likeness (QED) is 0.230. The third kappa shape index (κ3) is 4.52. The van der Waals surface area contributed by atoms with Crippen molar-refractivity contribution >= 4 is 5.69 Å². The highest BCUT2D eigenvalue weighted by Gasteiger charge is 2.27. The molecule has 3 nitrogen and oxygen atoms in total. The van der Waals surface area contributed by atoms with Crippen LogP contribution in [0.4, 0.5) is 5.69 Å². The van der Waals surface area contributed by atoms with Gasteiger partial charge in [-0.2, -0.15) is 0 Å². The zero-order valence-electron chi connectivity index (χ0n) is 21.0. The van der Waals surface area contributed by atoms with Crippen LogP contribution in [0.3, 0.4) is 0 Å². The van der Waals surface area contributed by atoms with Gasteiger partial charge in [-0.05, 0) is 74.6 Å². The second-order valence-corrected chi connectivity index (χ2v) is 11.5. The van der Waals surface area contributed by atoms with Crippen LogP contribution in [0.15, 0.2) is 48.5 Å². The highest BCUT2D eigenvalue weighted by atomic mass is 16.3. The molecule has 0 saturated carbocycles.